The van der Waals surface area contributed by atoms with Crippen molar-refractivity contribution < 1.29 is 4.92 Å². The van der Waals surface area contributed by atoms with Crippen LogP contribution in [-0.4, -0.2) is 26.2 Å². The highest BCUT2D eigenvalue weighted by molar-refractivity contribution is 5.55. The van der Waals surface area contributed by atoms with Crippen LogP contribution < -0.4 is 11.1 Å². The number of nitrogen functional groups attached to an aromatic ring is 1. The van der Waals surface area contributed by atoms with Gasteiger partial charge in [-0.3, -0.25) is 10.1 Å². The Morgan fingerprint density at radius 1 is 1.50 bits per heavy atom. The van der Waals surface area contributed by atoms with Crippen LogP contribution >= 0.6 is 0 Å². The van der Waals surface area contributed by atoms with Gasteiger partial charge in [0.25, 0.3) is 5.69 Å². The lowest BCUT2D eigenvalue weighted by Gasteiger charge is -2.02. The Labute approximate surface area is 103 Å². The molecule has 0 bridgehead atoms. The molecule has 8 nitrogen and oxygen atoms in total. The van der Waals surface area contributed by atoms with Crippen LogP contribution in [0.15, 0.2) is 24.3 Å². The molecule has 8 heteroatoms. The largest absolute Gasteiger partial charge is 0.368 e. The zero-order valence-electron chi connectivity index (χ0n) is 9.70. The van der Waals surface area contributed by atoms with Gasteiger partial charge in [-0.1, -0.05) is 12.1 Å². The molecule has 0 atom stereocenters. The molecule has 0 aliphatic rings. The number of benzene rings is 1. The third-order valence-corrected chi connectivity index (χ3v) is 2.27. The summed E-state index contributed by atoms with van der Waals surface area (Å²) in [6.45, 7) is 2.53. The van der Waals surface area contributed by atoms with Crippen LogP contribution in [-0.2, 0) is 0 Å². The highest BCUT2D eigenvalue weighted by Gasteiger charge is 2.18. The van der Waals surface area contributed by atoms with Gasteiger partial charge in [0.2, 0.25) is 11.9 Å². The van der Waals surface area contributed by atoms with Crippen molar-refractivity contribution in [1.29, 1.82) is 0 Å². The van der Waals surface area contributed by atoms with Crippen LogP contribution in [0.4, 0.5) is 17.6 Å². The molecular weight excluding hydrogens is 236 g/mol. The van der Waals surface area contributed by atoms with Crippen molar-refractivity contribution in [2.24, 2.45) is 0 Å². The van der Waals surface area contributed by atoms with Gasteiger partial charge in [-0.05, 0) is 13.0 Å². The van der Waals surface area contributed by atoms with Gasteiger partial charge in [-0.15, -0.1) is 5.10 Å². The highest BCUT2D eigenvalue weighted by Crippen LogP contribution is 2.23. The number of nitrogens with zero attached hydrogens (tertiary/aromatic N) is 4. The first-order valence-electron chi connectivity index (χ1n) is 5.33. The molecule has 1 heterocycles. The zero-order valence-corrected chi connectivity index (χ0v) is 9.70. The molecule has 0 amide bonds. The smallest absolute Gasteiger partial charge is 0.295 e. The molecule has 18 heavy (non-hydrogen) atoms. The van der Waals surface area contributed by atoms with Gasteiger partial charge < -0.3 is 11.1 Å². The number of para-hydroxylation sites is 2. The average Bonchev–Trinajstić information content (AvgIpc) is 2.70. The van der Waals surface area contributed by atoms with Gasteiger partial charge in [0.05, 0.1) is 4.92 Å². The summed E-state index contributed by atoms with van der Waals surface area (Å²) in [6, 6.07) is 6.22. The van der Waals surface area contributed by atoms with Crippen LogP contribution in [0, 0.1) is 10.1 Å². The molecule has 1 aromatic heterocycles. The van der Waals surface area contributed by atoms with Crippen LogP contribution in [0.5, 0.6) is 0 Å². The number of rotatable bonds is 4. The molecule has 0 spiro atoms. The number of nitrogens with one attached hydrogen (secondary N) is 1. The maximum Gasteiger partial charge on any atom is 0.295 e. The zero-order chi connectivity index (χ0) is 13.1. The Morgan fingerprint density at radius 2 is 2.22 bits per heavy atom. The molecule has 2 rings (SSSR count). The third-order valence-electron chi connectivity index (χ3n) is 2.27. The van der Waals surface area contributed by atoms with Crippen LogP contribution in [0.3, 0.4) is 0 Å². The van der Waals surface area contributed by atoms with Crippen molar-refractivity contribution in [3.05, 3.63) is 34.4 Å². The van der Waals surface area contributed by atoms with Gasteiger partial charge in [0.15, 0.2) is 0 Å². The fraction of sp³-hybridized carbons (Fsp3) is 0.200. The summed E-state index contributed by atoms with van der Waals surface area (Å²) in [4.78, 5) is 14.4. The molecular formula is C10H12N6O2. The number of hydrogen-bond donors (Lipinski definition) is 2. The molecule has 2 aromatic rings. The molecule has 0 saturated heterocycles. The van der Waals surface area contributed by atoms with Crippen molar-refractivity contribution in [3.63, 3.8) is 0 Å². The van der Waals surface area contributed by atoms with Crippen LogP contribution in [0.25, 0.3) is 5.69 Å². The van der Waals surface area contributed by atoms with Gasteiger partial charge in [0.1, 0.15) is 5.69 Å². The minimum absolute atomic E-state index is 0.0721. The van der Waals surface area contributed by atoms with E-state index in [1.807, 2.05) is 6.92 Å². The van der Waals surface area contributed by atoms with Crippen molar-refractivity contribution in [2.45, 2.75) is 6.92 Å². The van der Waals surface area contributed by atoms with E-state index in [4.69, 9.17) is 5.73 Å². The number of anilines is 2. The second-order valence-corrected chi connectivity index (χ2v) is 3.48. The van der Waals surface area contributed by atoms with Gasteiger partial charge in [-0.2, -0.15) is 9.67 Å². The molecule has 0 aliphatic heterocycles. The summed E-state index contributed by atoms with van der Waals surface area (Å²) in [5.74, 6) is 0.438. The van der Waals surface area contributed by atoms with E-state index in [0.29, 0.717) is 12.5 Å². The fourth-order valence-electron chi connectivity index (χ4n) is 1.53. The molecule has 0 radical (unpaired) electrons. The van der Waals surface area contributed by atoms with Crippen molar-refractivity contribution in [3.8, 4) is 5.69 Å². The summed E-state index contributed by atoms with van der Waals surface area (Å²) in [5, 5.41) is 17.9. The van der Waals surface area contributed by atoms with Crippen LogP contribution in [0.2, 0.25) is 0 Å². The summed E-state index contributed by atoms with van der Waals surface area (Å²) >= 11 is 0. The molecule has 1 aromatic carbocycles. The van der Waals surface area contributed by atoms with Gasteiger partial charge >= 0.3 is 0 Å². The van der Waals surface area contributed by atoms with Crippen molar-refractivity contribution in [2.75, 3.05) is 17.6 Å². The predicted octanol–water partition coefficient (Wildman–Crippen LogP) is 1.19. The Hall–Kier alpha value is -2.64. The highest BCUT2D eigenvalue weighted by atomic mass is 16.6. The lowest BCUT2D eigenvalue weighted by molar-refractivity contribution is -0.384. The number of aromatic nitrogens is 3. The van der Waals surface area contributed by atoms with E-state index >= 15 is 0 Å². The second kappa shape index (κ2) is 4.70. The quantitative estimate of drug-likeness (QED) is 0.620. The fourth-order valence-corrected chi connectivity index (χ4v) is 1.53. The minimum Gasteiger partial charge on any atom is -0.368 e. The maximum atomic E-state index is 10.9. The van der Waals surface area contributed by atoms with E-state index < -0.39 is 4.92 Å². The SMILES string of the molecule is CCNc1nc(N)n(-c2ccccc2[N+](=O)[O-])n1. The van der Waals surface area contributed by atoms with E-state index in [1.165, 1.54) is 10.7 Å². The standard InChI is InChI=1S/C10H12N6O2/c1-2-12-10-13-9(11)15(14-10)7-5-3-4-6-8(7)16(17)18/h3-6H,2H2,1H3,(H3,11,12,13,14). The Morgan fingerprint density at radius 3 is 2.89 bits per heavy atom. The van der Waals surface area contributed by atoms with E-state index in [1.54, 1.807) is 18.2 Å². The minimum atomic E-state index is -0.483. The number of nitro benzene ring substituents is 1. The Kier molecular flexibility index (Phi) is 3.09. The summed E-state index contributed by atoms with van der Waals surface area (Å²) < 4.78 is 1.25. The molecule has 0 fully saturated rings. The van der Waals surface area contributed by atoms with Gasteiger partial charge in [-0.25, -0.2) is 0 Å². The molecule has 94 valence electrons. The monoisotopic (exact) mass is 248 g/mol. The first-order chi connectivity index (χ1) is 8.63. The molecule has 0 aliphatic carbocycles. The topological polar surface area (TPSA) is 112 Å². The summed E-state index contributed by atoms with van der Waals surface area (Å²) in [7, 11) is 0. The summed E-state index contributed by atoms with van der Waals surface area (Å²) in [6.07, 6.45) is 0. The predicted molar refractivity (Wildman–Crippen MR) is 66.6 cm³/mol. The number of nitro groups is 1. The Bertz CT molecular complexity index is 579. The molecule has 0 unspecified atom stereocenters. The molecule has 0 saturated carbocycles. The average molecular weight is 248 g/mol. The van der Waals surface area contributed by atoms with Crippen molar-refractivity contribution >= 4 is 17.6 Å². The van der Waals surface area contributed by atoms with Gasteiger partial charge in [0, 0.05) is 12.6 Å². The van der Waals surface area contributed by atoms with E-state index in [0.717, 1.165) is 0 Å². The molecule has 3 N–H and O–H groups in total. The first kappa shape index (κ1) is 11.8. The van der Waals surface area contributed by atoms with E-state index in [-0.39, 0.29) is 17.3 Å². The Balaban J connectivity index is 2.51. The normalized spacial score (nSPS) is 10.3. The lowest BCUT2D eigenvalue weighted by atomic mass is 10.3. The second-order valence-electron chi connectivity index (χ2n) is 3.48. The van der Waals surface area contributed by atoms with E-state index in [2.05, 4.69) is 15.4 Å². The first-order valence-corrected chi connectivity index (χ1v) is 5.33. The lowest BCUT2D eigenvalue weighted by Crippen LogP contribution is -2.05. The van der Waals surface area contributed by atoms with E-state index in [9.17, 15) is 10.1 Å². The third kappa shape index (κ3) is 2.08. The summed E-state index contributed by atoms with van der Waals surface area (Å²) in [5.41, 5.74) is 5.92. The van der Waals surface area contributed by atoms with Crippen molar-refractivity contribution in [1.82, 2.24) is 14.8 Å². The van der Waals surface area contributed by atoms with Crippen LogP contribution in [0.1, 0.15) is 6.92 Å². The maximum absolute atomic E-state index is 10.9. The number of nitrogens with two attached hydrogens (primary N) is 1. The number of hydrogen-bond acceptors (Lipinski definition) is 6.